The van der Waals surface area contributed by atoms with Gasteiger partial charge in [0.15, 0.2) is 0 Å². The van der Waals surface area contributed by atoms with Crippen LogP contribution >= 0.6 is 0 Å². The Labute approximate surface area is 277 Å². The zero-order valence-electron chi connectivity index (χ0n) is 24.8. The minimum absolute atomic E-state index is 0. The van der Waals surface area contributed by atoms with Crippen LogP contribution in [-0.4, -0.2) is 5.98 Å². The molecule has 7 rings (SSSR count). The normalized spacial score (nSPS) is 17.0. The van der Waals surface area contributed by atoms with Gasteiger partial charge in [0, 0.05) is 0 Å². The number of benzene rings is 5. The summed E-state index contributed by atoms with van der Waals surface area (Å²) in [5.41, 5.74) is 14.7. The molecular weight excluding hydrogens is 746 g/mol. The Morgan fingerprint density at radius 3 is 1.30 bits per heavy atom. The number of fused-ring (bicyclic) bond motifs is 2. The van der Waals surface area contributed by atoms with Gasteiger partial charge in [-0.15, -0.1) is 0 Å². The first-order valence-corrected chi connectivity index (χ1v) is 27.4. The van der Waals surface area contributed by atoms with E-state index in [1.54, 1.807) is 27.5 Å². The molecule has 0 heterocycles. The van der Waals surface area contributed by atoms with Crippen LogP contribution in [0.4, 0.5) is 0 Å². The maximum absolute atomic E-state index is 2.69. The summed E-state index contributed by atoms with van der Waals surface area (Å²) in [7, 11) is 0. The van der Waals surface area contributed by atoms with Crippen LogP contribution in [0.25, 0.3) is 34.4 Å². The summed E-state index contributed by atoms with van der Waals surface area (Å²) in [5, 5.41) is 1.65. The molecule has 0 radical (unpaired) electrons. The van der Waals surface area contributed by atoms with Crippen LogP contribution < -0.4 is 30.0 Å². The van der Waals surface area contributed by atoms with Crippen molar-refractivity contribution in [1.82, 2.24) is 0 Å². The summed E-state index contributed by atoms with van der Waals surface area (Å²) in [6.07, 6.45) is 5.10. The fourth-order valence-electron chi connectivity index (χ4n) is 7.33. The molecule has 5 aromatic rings. The van der Waals surface area contributed by atoms with Gasteiger partial charge in [-0.2, -0.15) is 0 Å². The molecule has 0 bridgehead atoms. The van der Waals surface area contributed by atoms with E-state index in [2.05, 4.69) is 160 Å². The van der Waals surface area contributed by atoms with Crippen LogP contribution in [0, 0.1) is 0 Å². The van der Waals surface area contributed by atoms with Gasteiger partial charge in [-0.3, -0.25) is 0 Å². The van der Waals surface area contributed by atoms with E-state index >= 15 is 0 Å². The number of rotatable bonds is 6. The maximum Gasteiger partial charge on any atom is -1.00 e. The maximum atomic E-state index is 2.69. The Kier molecular flexibility index (Phi) is 9.93. The molecule has 0 N–H and O–H groups in total. The number of allylic oxidation sites excluding steroid dienone is 2. The van der Waals surface area contributed by atoms with Gasteiger partial charge in [-0.1, -0.05) is 0 Å². The molecule has 213 valence electrons. The van der Waals surface area contributed by atoms with E-state index in [4.69, 9.17) is 0 Å². The molecule has 0 fully saturated rings. The fraction of sp³-hybridized carbons (Fsp3) is 0.128. The van der Waals surface area contributed by atoms with Crippen molar-refractivity contribution >= 4 is 23.3 Å². The Morgan fingerprint density at radius 1 is 0.488 bits per heavy atom. The van der Waals surface area contributed by atoms with Crippen molar-refractivity contribution in [2.45, 2.75) is 27.7 Å². The number of hydrogen-bond acceptors (Lipinski definition) is 0. The van der Waals surface area contributed by atoms with Gasteiger partial charge in [0.1, 0.15) is 0 Å². The minimum Gasteiger partial charge on any atom is -1.00 e. The Balaban J connectivity index is 0.00000184. The van der Waals surface area contributed by atoms with Crippen LogP contribution in [0.5, 0.6) is 0 Å². The van der Waals surface area contributed by atoms with Crippen molar-refractivity contribution in [2.75, 3.05) is 0 Å². The molecule has 2 aliphatic carbocycles. The Hall–Kier alpha value is -2.75. The average molecular weight is 781 g/mol. The molecule has 3 atom stereocenters. The molecule has 0 amide bonds. The number of halogens is 2. The summed E-state index contributed by atoms with van der Waals surface area (Å²) in [4.78, 5) is 0. The van der Waals surface area contributed by atoms with Gasteiger partial charge >= 0.3 is 255 Å². The van der Waals surface area contributed by atoms with Gasteiger partial charge in [0.25, 0.3) is 0 Å². The Morgan fingerprint density at radius 2 is 0.884 bits per heavy atom. The monoisotopic (exact) mass is 781 g/mol. The van der Waals surface area contributed by atoms with Gasteiger partial charge in [-0.25, -0.2) is 0 Å². The van der Waals surface area contributed by atoms with Crippen molar-refractivity contribution in [3.8, 4) is 22.3 Å². The second kappa shape index (κ2) is 13.5. The van der Waals surface area contributed by atoms with Crippen molar-refractivity contribution in [2.24, 2.45) is 0 Å². The third-order valence-electron chi connectivity index (χ3n) is 9.19. The summed E-state index contributed by atoms with van der Waals surface area (Å²) in [5.74, 6) is -1.22. The zero-order valence-corrected chi connectivity index (χ0v) is 31.0. The second-order valence-corrected chi connectivity index (χ2v) is 36.3. The first-order valence-electron chi connectivity index (χ1n) is 14.8. The standard InChI is InChI=1S/2C16H13.C7H9Si.2ClH.Hf/c2*1-12-10-14-8-5-9-15(16(14)11-12)13-6-3-2-4-7-13;1-8-7-5-3-2-4-6-7;;;/h2*2-11H,1H3;2-6,8H,1H3;2*1H;/q;;;;;+2/p-2. The quantitative estimate of drug-likeness (QED) is 0.232. The molecule has 0 aliphatic heterocycles. The average Bonchev–Trinajstić information content (AvgIpc) is 3.54. The second-order valence-electron chi connectivity index (χ2n) is 11.6. The third-order valence-corrected chi connectivity index (χ3v) is 41.7. The van der Waals surface area contributed by atoms with Crippen LogP contribution in [-0.2, 0) is 20.6 Å². The van der Waals surface area contributed by atoms with E-state index in [1.165, 1.54) is 33.4 Å². The van der Waals surface area contributed by atoms with Crippen molar-refractivity contribution in [3.63, 3.8) is 0 Å². The summed E-state index contributed by atoms with van der Waals surface area (Å²) < 4.78 is 1.22. The molecule has 0 aromatic heterocycles. The topological polar surface area (TPSA) is 0 Å². The number of hydrogen-bond donors (Lipinski definition) is 0. The molecule has 4 heteroatoms. The molecular formula is C39H35Cl2HfSi. The fourth-order valence-corrected chi connectivity index (χ4v) is 43.7. The van der Waals surface area contributed by atoms with Crippen molar-refractivity contribution in [1.29, 1.82) is 0 Å². The van der Waals surface area contributed by atoms with Gasteiger partial charge in [0.05, 0.1) is 0 Å². The van der Waals surface area contributed by atoms with Gasteiger partial charge in [0.2, 0.25) is 0 Å². The van der Waals surface area contributed by atoms with E-state index in [0.717, 1.165) is 0 Å². The molecule has 0 saturated carbocycles. The van der Waals surface area contributed by atoms with E-state index in [9.17, 15) is 0 Å². The van der Waals surface area contributed by atoms with Crippen LogP contribution in [0.1, 0.15) is 43.5 Å². The third kappa shape index (κ3) is 5.76. The van der Waals surface area contributed by atoms with E-state index in [0.29, 0.717) is 7.35 Å². The Bertz CT molecular complexity index is 1670. The first-order chi connectivity index (χ1) is 20.1. The van der Waals surface area contributed by atoms with E-state index in [-0.39, 0.29) is 24.8 Å². The molecule has 2 aliphatic rings. The zero-order chi connectivity index (χ0) is 27.9. The van der Waals surface area contributed by atoms with Crippen LogP contribution in [0.15, 0.2) is 139 Å². The minimum atomic E-state index is -2.54. The van der Waals surface area contributed by atoms with Crippen molar-refractivity contribution in [3.05, 3.63) is 161 Å². The summed E-state index contributed by atoms with van der Waals surface area (Å²) in [6, 6.07) is 47.7. The SMILES string of the molecule is CC1=Cc2c(-c3ccccc3)cccc2[CH]1[Hf+2]([CH]1C(C)=Cc2c(-c3ccccc3)cccc21)[SiH](C)c1ccccc1.[Cl-].[Cl-]. The molecule has 5 aromatic carbocycles. The summed E-state index contributed by atoms with van der Waals surface area (Å²) in [6.45, 7) is 7.56. The van der Waals surface area contributed by atoms with Gasteiger partial charge < -0.3 is 24.8 Å². The smallest absolute Gasteiger partial charge is 1.00 e. The molecule has 0 saturated heterocycles. The predicted octanol–water partition coefficient (Wildman–Crippen LogP) is 3.52. The molecule has 43 heavy (non-hydrogen) atoms. The summed E-state index contributed by atoms with van der Waals surface area (Å²) >= 11 is -2.54. The van der Waals surface area contributed by atoms with Gasteiger partial charge in [-0.05, 0) is 0 Å². The first kappa shape index (κ1) is 31.7. The largest absolute Gasteiger partial charge is 1.00 e. The van der Waals surface area contributed by atoms with Crippen LogP contribution in [0.2, 0.25) is 6.55 Å². The van der Waals surface area contributed by atoms with E-state index in [1.807, 2.05) is 0 Å². The molecule has 0 spiro atoms. The molecule has 3 unspecified atom stereocenters. The van der Waals surface area contributed by atoms with Crippen molar-refractivity contribution < 1.29 is 45.4 Å². The van der Waals surface area contributed by atoms with Crippen LogP contribution in [0.3, 0.4) is 0 Å². The van der Waals surface area contributed by atoms with E-state index < -0.39 is 26.6 Å². The predicted molar refractivity (Wildman–Crippen MR) is 176 cm³/mol. The molecule has 0 nitrogen and oxygen atoms in total.